The third kappa shape index (κ3) is 3.00. The zero-order chi connectivity index (χ0) is 20.7. The predicted octanol–water partition coefficient (Wildman–Crippen LogP) is 4.00. The van der Waals surface area contributed by atoms with E-state index in [1.165, 1.54) is 5.56 Å². The maximum atomic E-state index is 12.2. The van der Waals surface area contributed by atoms with Gasteiger partial charge in [0.1, 0.15) is 5.52 Å². The molecule has 2 heterocycles. The van der Waals surface area contributed by atoms with Crippen LogP contribution in [0.1, 0.15) is 37.2 Å². The SMILES string of the molecule is NC(=O)C1(CCCCn2cnc3c(N)nc4ccccc4c32)CC1c1ccccc1. The number of fused-ring (bicyclic) bond motifs is 3. The fraction of sp³-hybridized carbons (Fsp3) is 0.292. The van der Waals surface area contributed by atoms with Crippen molar-refractivity contribution in [2.24, 2.45) is 11.1 Å². The van der Waals surface area contributed by atoms with Crippen molar-refractivity contribution < 1.29 is 4.79 Å². The van der Waals surface area contributed by atoms with Crippen molar-refractivity contribution in [3.63, 3.8) is 0 Å². The van der Waals surface area contributed by atoms with Crippen LogP contribution in [0.3, 0.4) is 0 Å². The highest BCUT2D eigenvalue weighted by Gasteiger charge is 2.58. The zero-order valence-electron chi connectivity index (χ0n) is 16.8. The number of para-hydroxylation sites is 1. The zero-order valence-corrected chi connectivity index (χ0v) is 16.8. The summed E-state index contributed by atoms with van der Waals surface area (Å²) in [5, 5.41) is 1.05. The van der Waals surface area contributed by atoms with E-state index in [2.05, 4.69) is 32.7 Å². The molecule has 1 fully saturated rings. The van der Waals surface area contributed by atoms with Gasteiger partial charge in [-0.1, -0.05) is 55.0 Å². The Morgan fingerprint density at radius 3 is 2.67 bits per heavy atom. The van der Waals surface area contributed by atoms with Gasteiger partial charge in [0.05, 0.1) is 22.8 Å². The van der Waals surface area contributed by atoms with Crippen molar-refractivity contribution in [1.82, 2.24) is 14.5 Å². The molecule has 4 N–H and O–H groups in total. The molecule has 2 aromatic heterocycles. The monoisotopic (exact) mass is 399 g/mol. The number of hydrogen-bond acceptors (Lipinski definition) is 4. The molecular formula is C24H25N5O. The van der Waals surface area contributed by atoms with Crippen molar-refractivity contribution in [3.8, 4) is 0 Å². The average molecular weight is 399 g/mol. The summed E-state index contributed by atoms with van der Waals surface area (Å²) in [5.74, 6) is 0.535. The van der Waals surface area contributed by atoms with Gasteiger partial charge in [-0.25, -0.2) is 9.97 Å². The summed E-state index contributed by atoms with van der Waals surface area (Å²) < 4.78 is 2.15. The molecule has 2 unspecified atom stereocenters. The maximum absolute atomic E-state index is 12.2. The lowest BCUT2D eigenvalue weighted by Gasteiger charge is -2.14. The van der Waals surface area contributed by atoms with Gasteiger partial charge in [0.2, 0.25) is 5.91 Å². The Morgan fingerprint density at radius 2 is 1.87 bits per heavy atom. The number of hydrogen-bond donors (Lipinski definition) is 2. The Kier molecular flexibility index (Phi) is 4.42. The summed E-state index contributed by atoms with van der Waals surface area (Å²) in [4.78, 5) is 21.2. The number of pyridine rings is 1. The van der Waals surface area contributed by atoms with Crippen LogP contribution in [0.5, 0.6) is 0 Å². The minimum Gasteiger partial charge on any atom is -0.382 e. The summed E-state index contributed by atoms with van der Waals surface area (Å²) in [7, 11) is 0. The largest absolute Gasteiger partial charge is 0.382 e. The number of benzene rings is 2. The lowest BCUT2D eigenvalue weighted by molar-refractivity contribution is -0.123. The molecule has 0 spiro atoms. The van der Waals surface area contributed by atoms with Crippen LogP contribution >= 0.6 is 0 Å². The number of rotatable bonds is 7. The third-order valence-electron chi connectivity index (χ3n) is 6.52. The molecule has 5 rings (SSSR count). The van der Waals surface area contributed by atoms with Crippen molar-refractivity contribution in [1.29, 1.82) is 0 Å². The van der Waals surface area contributed by atoms with Gasteiger partial charge in [-0.15, -0.1) is 0 Å². The standard InChI is InChI=1S/C24H25N5O/c25-22-20-21(17-10-4-5-11-19(17)28-22)29(15-27-20)13-7-6-12-24(23(26)30)14-18(24)16-8-2-1-3-9-16/h1-5,8-11,15,18H,6-7,12-14H2,(H2,25,28)(H2,26,30). The third-order valence-corrected chi connectivity index (χ3v) is 6.52. The number of amides is 1. The number of aromatic nitrogens is 3. The van der Waals surface area contributed by atoms with Crippen LogP contribution in [0.2, 0.25) is 0 Å². The smallest absolute Gasteiger partial charge is 0.224 e. The van der Waals surface area contributed by atoms with Crippen molar-refractivity contribution in [3.05, 3.63) is 66.5 Å². The molecule has 6 heteroatoms. The number of nitrogens with zero attached hydrogens (tertiary/aromatic N) is 3. The highest BCUT2D eigenvalue weighted by molar-refractivity contribution is 6.06. The van der Waals surface area contributed by atoms with Crippen LogP contribution in [0.15, 0.2) is 60.9 Å². The summed E-state index contributed by atoms with van der Waals surface area (Å²) in [6.07, 6.45) is 5.39. The minimum absolute atomic E-state index is 0.172. The number of anilines is 1. The molecule has 1 amide bonds. The number of aryl methyl sites for hydroxylation is 1. The van der Waals surface area contributed by atoms with Crippen molar-refractivity contribution >= 4 is 33.7 Å². The van der Waals surface area contributed by atoms with E-state index in [9.17, 15) is 4.79 Å². The minimum atomic E-state index is -0.389. The summed E-state index contributed by atoms with van der Waals surface area (Å²) in [6.45, 7) is 0.814. The molecule has 4 aromatic rings. The van der Waals surface area contributed by atoms with E-state index in [0.29, 0.717) is 5.82 Å². The van der Waals surface area contributed by atoms with Crippen LogP contribution in [-0.2, 0) is 11.3 Å². The van der Waals surface area contributed by atoms with E-state index < -0.39 is 0 Å². The van der Waals surface area contributed by atoms with E-state index in [0.717, 1.165) is 54.2 Å². The number of primary amides is 1. The van der Waals surface area contributed by atoms with Crippen molar-refractivity contribution in [2.45, 2.75) is 38.1 Å². The molecule has 0 radical (unpaired) electrons. The quantitative estimate of drug-likeness (QED) is 0.459. The Morgan fingerprint density at radius 1 is 1.10 bits per heavy atom. The molecule has 152 valence electrons. The van der Waals surface area contributed by atoms with Gasteiger partial charge in [-0.3, -0.25) is 4.79 Å². The van der Waals surface area contributed by atoms with Gasteiger partial charge in [0, 0.05) is 11.9 Å². The molecule has 0 bridgehead atoms. The number of imidazole rings is 1. The first-order valence-corrected chi connectivity index (χ1v) is 10.4. The average Bonchev–Trinajstić information content (AvgIpc) is 3.35. The maximum Gasteiger partial charge on any atom is 0.224 e. The lowest BCUT2D eigenvalue weighted by atomic mass is 9.92. The van der Waals surface area contributed by atoms with E-state index in [4.69, 9.17) is 11.5 Å². The first kappa shape index (κ1) is 18.6. The van der Waals surface area contributed by atoms with E-state index in [1.54, 1.807) is 0 Å². The number of nitrogens with two attached hydrogens (primary N) is 2. The molecule has 2 aromatic carbocycles. The fourth-order valence-corrected chi connectivity index (χ4v) is 4.80. The molecule has 2 atom stereocenters. The van der Waals surface area contributed by atoms with Gasteiger partial charge in [0.15, 0.2) is 5.82 Å². The van der Waals surface area contributed by atoms with Gasteiger partial charge in [0.25, 0.3) is 0 Å². The Hall–Kier alpha value is -3.41. The normalized spacial score (nSPS) is 20.6. The van der Waals surface area contributed by atoms with Gasteiger partial charge in [-0.2, -0.15) is 0 Å². The van der Waals surface area contributed by atoms with E-state index in [1.807, 2.05) is 42.7 Å². The highest BCUT2D eigenvalue weighted by atomic mass is 16.1. The first-order valence-electron chi connectivity index (χ1n) is 10.4. The van der Waals surface area contributed by atoms with E-state index in [-0.39, 0.29) is 17.2 Å². The predicted molar refractivity (Wildman–Crippen MR) is 119 cm³/mol. The number of nitrogen functional groups attached to an aromatic ring is 1. The fourth-order valence-electron chi connectivity index (χ4n) is 4.80. The van der Waals surface area contributed by atoms with Crippen LogP contribution < -0.4 is 11.5 Å². The van der Waals surface area contributed by atoms with Gasteiger partial charge >= 0.3 is 0 Å². The molecule has 1 aliphatic rings. The molecule has 6 nitrogen and oxygen atoms in total. The van der Waals surface area contributed by atoms with Gasteiger partial charge < -0.3 is 16.0 Å². The van der Waals surface area contributed by atoms with E-state index >= 15 is 0 Å². The Labute approximate surface area is 174 Å². The lowest BCUT2D eigenvalue weighted by Crippen LogP contribution is -2.26. The molecular weight excluding hydrogens is 374 g/mol. The number of unbranched alkanes of at least 4 members (excludes halogenated alkanes) is 1. The number of carbonyl (C=O) groups excluding carboxylic acids is 1. The van der Waals surface area contributed by atoms with Crippen LogP contribution in [0.25, 0.3) is 21.9 Å². The van der Waals surface area contributed by atoms with Crippen LogP contribution in [0.4, 0.5) is 5.82 Å². The number of carbonyl (C=O) groups is 1. The topological polar surface area (TPSA) is 99.8 Å². The second kappa shape index (κ2) is 7.13. The van der Waals surface area contributed by atoms with Crippen LogP contribution in [0, 0.1) is 5.41 Å². The molecule has 30 heavy (non-hydrogen) atoms. The molecule has 1 aliphatic carbocycles. The second-order valence-corrected chi connectivity index (χ2v) is 8.29. The molecule has 1 saturated carbocycles. The second-order valence-electron chi connectivity index (χ2n) is 8.29. The molecule has 0 saturated heterocycles. The summed E-state index contributed by atoms with van der Waals surface area (Å²) in [5.41, 5.74) is 15.4. The molecule has 0 aliphatic heterocycles. The van der Waals surface area contributed by atoms with Gasteiger partial charge in [-0.05, 0) is 36.8 Å². The highest BCUT2D eigenvalue weighted by Crippen LogP contribution is 2.62. The summed E-state index contributed by atoms with van der Waals surface area (Å²) >= 11 is 0. The first-order chi connectivity index (χ1) is 14.6. The summed E-state index contributed by atoms with van der Waals surface area (Å²) in [6, 6.07) is 18.2. The Bertz CT molecular complexity index is 1230. The Balaban J connectivity index is 1.31. The van der Waals surface area contributed by atoms with Crippen LogP contribution in [-0.4, -0.2) is 20.4 Å². The van der Waals surface area contributed by atoms with Crippen molar-refractivity contribution in [2.75, 3.05) is 5.73 Å².